The summed E-state index contributed by atoms with van der Waals surface area (Å²) < 4.78 is 15.5. The highest BCUT2D eigenvalue weighted by Gasteiger charge is 2.19. The minimum Gasteiger partial charge on any atom is -0.324 e. The molecule has 6 aromatic rings. The SMILES string of the molecule is O=C(Nc1cccc(-c2nn3ccccc3c2-c2ccnc(Nc3cccc(F)c3)n2)c1)c1ccncc1. The molecule has 38 heavy (non-hydrogen) atoms. The van der Waals surface area contributed by atoms with Gasteiger partial charge < -0.3 is 10.6 Å². The van der Waals surface area contributed by atoms with Crippen molar-refractivity contribution in [3.05, 3.63) is 121 Å². The lowest BCUT2D eigenvalue weighted by molar-refractivity contribution is 0.102. The highest BCUT2D eigenvalue weighted by Crippen LogP contribution is 2.35. The van der Waals surface area contributed by atoms with Gasteiger partial charge in [0.25, 0.3) is 5.91 Å². The number of pyridine rings is 2. The van der Waals surface area contributed by atoms with E-state index < -0.39 is 0 Å². The molecule has 0 saturated heterocycles. The fourth-order valence-corrected chi connectivity index (χ4v) is 4.16. The average molecular weight is 502 g/mol. The Balaban J connectivity index is 1.40. The minimum atomic E-state index is -0.355. The van der Waals surface area contributed by atoms with Gasteiger partial charge >= 0.3 is 0 Å². The van der Waals surface area contributed by atoms with E-state index >= 15 is 0 Å². The summed E-state index contributed by atoms with van der Waals surface area (Å²) >= 11 is 0. The summed E-state index contributed by atoms with van der Waals surface area (Å²) in [5, 5.41) is 10.8. The van der Waals surface area contributed by atoms with Crippen molar-refractivity contribution in [3.63, 3.8) is 0 Å². The Morgan fingerprint density at radius 2 is 1.68 bits per heavy atom. The van der Waals surface area contributed by atoms with Crippen LogP contribution in [0, 0.1) is 5.82 Å². The zero-order valence-corrected chi connectivity index (χ0v) is 19.9. The van der Waals surface area contributed by atoms with E-state index in [1.165, 1.54) is 12.1 Å². The molecular formula is C29H20FN7O. The van der Waals surface area contributed by atoms with Crippen molar-refractivity contribution >= 4 is 28.7 Å². The molecule has 4 aromatic heterocycles. The van der Waals surface area contributed by atoms with Gasteiger partial charge in [-0.05, 0) is 60.7 Å². The molecule has 0 fully saturated rings. The number of nitrogens with zero attached hydrogens (tertiary/aromatic N) is 5. The van der Waals surface area contributed by atoms with Crippen molar-refractivity contribution in [2.24, 2.45) is 0 Å². The zero-order chi connectivity index (χ0) is 25.9. The molecule has 0 aliphatic carbocycles. The second kappa shape index (κ2) is 9.90. The van der Waals surface area contributed by atoms with Crippen molar-refractivity contribution in [1.29, 1.82) is 0 Å². The summed E-state index contributed by atoms with van der Waals surface area (Å²) in [5.41, 5.74) is 5.46. The Bertz CT molecular complexity index is 1770. The van der Waals surface area contributed by atoms with E-state index in [-0.39, 0.29) is 11.7 Å². The highest BCUT2D eigenvalue weighted by molar-refractivity contribution is 6.04. The molecule has 4 heterocycles. The molecule has 9 heteroatoms. The number of hydrogen-bond acceptors (Lipinski definition) is 6. The van der Waals surface area contributed by atoms with Crippen LogP contribution in [0.25, 0.3) is 28.0 Å². The van der Waals surface area contributed by atoms with E-state index in [0.29, 0.717) is 34.3 Å². The predicted octanol–water partition coefficient (Wildman–Crippen LogP) is 5.99. The number of anilines is 3. The monoisotopic (exact) mass is 501 g/mol. The van der Waals surface area contributed by atoms with Crippen LogP contribution < -0.4 is 10.6 Å². The van der Waals surface area contributed by atoms with Gasteiger partial charge in [-0.1, -0.05) is 24.3 Å². The zero-order valence-electron chi connectivity index (χ0n) is 19.9. The van der Waals surface area contributed by atoms with Gasteiger partial charge in [-0.3, -0.25) is 9.78 Å². The number of hydrogen-bond donors (Lipinski definition) is 2. The Hall–Kier alpha value is -5.44. The van der Waals surface area contributed by atoms with Crippen molar-refractivity contribution < 1.29 is 9.18 Å². The molecule has 0 aliphatic rings. The van der Waals surface area contributed by atoms with Gasteiger partial charge in [0.15, 0.2) is 0 Å². The first-order valence-electron chi connectivity index (χ1n) is 11.8. The average Bonchev–Trinajstić information content (AvgIpc) is 3.34. The molecule has 2 aromatic carbocycles. The number of amides is 1. The van der Waals surface area contributed by atoms with Gasteiger partial charge in [-0.15, -0.1) is 0 Å². The Morgan fingerprint density at radius 1 is 0.842 bits per heavy atom. The lowest BCUT2D eigenvalue weighted by atomic mass is 10.0. The van der Waals surface area contributed by atoms with Gasteiger partial charge in [0, 0.05) is 47.3 Å². The smallest absolute Gasteiger partial charge is 0.255 e. The third-order valence-corrected chi connectivity index (χ3v) is 5.87. The number of carbonyl (C=O) groups excluding carboxylic acids is 1. The molecule has 0 spiro atoms. The van der Waals surface area contributed by atoms with Gasteiger partial charge in [0.05, 0.1) is 16.8 Å². The second-order valence-corrected chi connectivity index (χ2v) is 8.43. The van der Waals surface area contributed by atoms with Crippen LogP contribution >= 0.6 is 0 Å². The first kappa shape index (κ1) is 23.0. The van der Waals surface area contributed by atoms with Crippen LogP contribution in [0.5, 0.6) is 0 Å². The molecule has 0 bridgehead atoms. The molecule has 0 atom stereocenters. The van der Waals surface area contributed by atoms with Crippen LogP contribution in [0.4, 0.5) is 21.7 Å². The first-order valence-corrected chi connectivity index (χ1v) is 11.8. The quantitative estimate of drug-likeness (QED) is 0.291. The van der Waals surface area contributed by atoms with Gasteiger partial charge in [0.1, 0.15) is 11.5 Å². The summed E-state index contributed by atoms with van der Waals surface area (Å²) in [6, 6.07) is 24.5. The van der Waals surface area contributed by atoms with Crippen LogP contribution in [0.3, 0.4) is 0 Å². The highest BCUT2D eigenvalue weighted by atomic mass is 19.1. The van der Waals surface area contributed by atoms with Gasteiger partial charge in [-0.2, -0.15) is 5.10 Å². The largest absolute Gasteiger partial charge is 0.324 e. The van der Waals surface area contributed by atoms with Crippen molar-refractivity contribution in [3.8, 4) is 22.5 Å². The van der Waals surface area contributed by atoms with E-state index in [1.54, 1.807) is 53.4 Å². The molecule has 0 aliphatic heterocycles. The molecule has 0 saturated carbocycles. The molecule has 2 N–H and O–H groups in total. The summed E-state index contributed by atoms with van der Waals surface area (Å²) in [6.45, 7) is 0. The summed E-state index contributed by atoms with van der Waals surface area (Å²) in [7, 11) is 0. The lowest BCUT2D eigenvalue weighted by Crippen LogP contribution is -2.11. The standard InChI is InChI=1S/C29H20FN7O/c30-21-6-4-8-23(18-21)34-29-32-15-12-24(35-29)26-25-9-1-2-16-37(25)36-27(26)20-5-3-7-22(17-20)33-28(38)19-10-13-31-14-11-19/h1-18H,(H,33,38)(H,32,34,35). The maximum atomic E-state index is 13.7. The van der Waals surface area contributed by atoms with E-state index in [0.717, 1.165) is 16.6 Å². The van der Waals surface area contributed by atoms with Crippen LogP contribution in [0.2, 0.25) is 0 Å². The maximum absolute atomic E-state index is 13.7. The Labute approximate surface area is 216 Å². The molecule has 6 rings (SSSR count). The van der Waals surface area contributed by atoms with Crippen molar-refractivity contribution in [2.45, 2.75) is 0 Å². The van der Waals surface area contributed by atoms with Crippen molar-refractivity contribution in [1.82, 2.24) is 24.6 Å². The van der Waals surface area contributed by atoms with Crippen LogP contribution in [-0.2, 0) is 0 Å². The fraction of sp³-hybridized carbons (Fsp3) is 0. The molecular weight excluding hydrogens is 481 g/mol. The minimum absolute atomic E-state index is 0.233. The second-order valence-electron chi connectivity index (χ2n) is 8.43. The summed E-state index contributed by atoms with van der Waals surface area (Å²) in [5.74, 6) is -0.261. The number of aromatic nitrogens is 5. The summed E-state index contributed by atoms with van der Waals surface area (Å²) in [6.07, 6.45) is 6.66. The fourth-order valence-electron chi connectivity index (χ4n) is 4.16. The van der Waals surface area contributed by atoms with Crippen LogP contribution in [0.15, 0.2) is 110 Å². The summed E-state index contributed by atoms with van der Waals surface area (Å²) in [4.78, 5) is 25.7. The number of halogens is 1. The third kappa shape index (κ3) is 4.68. The number of rotatable bonds is 6. The predicted molar refractivity (Wildman–Crippen MR) is 144 cm³/mol. The number of fused-ring (bicyclic) bond motifs is 1. The van der Waals surface area contributed by atoms with Crippen molar-refractivity contribution in [2.75, 3.05) is 10.6 Å². The van der Waals surface area contributed by atoms with Gasteiger partial charge in [-0.25, -0.2) is 18.9 Å². The Morgan fingerprint density at radius 3 is 2.55 bits per heavy atom. The van der Waals surface area contributed by atoms with E-state index in [1.807, 2.05) is 48.7 Å². The molecule has 1 amide bonds. The van der Waals surface area contributed by atoms with Gasteiger partial charge in [0.2, 0.25) is 5.95 Å². The molecule has 184 valence electrons. The third-order valence-electron chi connectivity index (χ3n) is 5.87. The Kier molecular flexibility index (Phi) is 5.99. The normalized spacial score (nSPS) is 10.9. The first-order chi connectivity index (χ1) is 18.6. The number of nitrogens with one attached hydrogen (secondary N) is 2. The lowest BCUT2D eigenvalue weighted by Gasteiger charge is -2.09. The van der Waals surface area contributed by atoms with E-state index in [2.05, 4.69) is 20.6 Å². The molecule has 0 radical (unpaired) electrons. The number of carbonyl (C=O) groups is 1. The topological polar surface area (TPSA) is 97.1 Å². The number of benzene rings is 2. The molecule has 0 unspecified atom stereocenters. The van der Waals surface area contributed by atoms with E-state index in [9.17, 15) is 9.18 Å². The molecule has 8 nitrogen and oxygen atoms in total. The van der Waals surface area contributed by atoms with E-state index in [4.69, 9.17) is 10.1 Å². The maximum Gasteiger partial charge on any atom is 0.255 e. The van der Waals surface area contributed by atoms with Crippen LogP contribution in [0.1, 0.15) is 10.4 Å². The van der Waals surface area contributed by atoms with Crippen LogP contribution in [-0.4, -0.2) is 30.5 Å².